The van der Waals surface area contributed by atoms with Crippen molar-refractivity contribution in [3.8, 4) is 0 Å². The van der Waals surface area contributed by atoms with Gasteiger partial charge in [-0.25, -0.2) is 4.98 Å². The molecule has 1 aliphatic rings. The topological polar surface area (TPSA) is 45.7 Å². The first-order valence-corrected chi connectivity index (χ1v) is 9.17. The molecule has 3 rings (SSSR count). The van der Waals surface area contributed by atoms with Crippen LogP contribution < -0.4 is 0 Å². The lowest BCUT2D eigenvalue weighted by atomic mass is 10.1. The third-order valence-corrected chi connectivity index (χ3v) is 4.93. The van der Waals surface area contributed by atoms with Crippen LogP contribution in [0.15, 0.2) is 35.2 Å². The van der Waals surface area contributed by atoms with Gasteiger partial charge in [-0.1, -0.05) is 18.2 Å². The third-order valence-electron chi connectivity index (χ3n) is 4.29. The van der Waals surface area contributed by atoms with Crippen molar-refractivity contribution in [1.82, 2.24) is 14.8 Å². The molecule has 0 atom stereocenters. The van der Waals surface area contributed by atoms with E-state index in [2.05, 4.69) is 15.3 Å². The van der Waals surface area contributed by atoms with Gasteiger partial charge in [-0.15, -0.1) is 11.3 Å². The van der Waals surface area contributed by atoms with E-state index in [1.165, 1.54) is 0 Å². The van der Waals surface area contributed by atoms with Crippen molar-refractivity contribution >= 4 is 17.2 Å². The molecule has 24 heavy (non-hydrogen) atoms. The van der Waals surface area contributed by atoms with E-state index in [4.69, 9.17) is 4.74 Å². The Morgan fingerprint density at radius 3 is 2.92 bits per heavy atom. The van der Waals surface area contributed by atoms with E-state index in [0.717, 1.165) is 56.0 Å². The number of rotatable bonds is 5. The smallest absolute Gasteiger partial charge is 0.254 e. The molecule has 0 aliphatic carbocycles. The van der Waals surface area contributed by atoms with Gasteiger partial charge >= 0.3 is 0 Å². The molecule has 6 heteroatoms. The second kappa shape index (κ2) is 8.37. The summed E-state index contributed by atoms with van der Waals surface area (Å²) < 4.78 is 5.22. The zero-order valence-electron chi connectivity index (χ0n) is 14.0. The summed E-state index contributed by atoms with van der Waals surface area (Å²) in [7, 11) is 1.66. The van der Waals surface area contributed by atoms with Crippen LogP contribution in [0.2, 0.25) is 0 Å². The third kappa shape index (κ3) is 4.20. The predicted molar refractivity (Wildman–Crippen MR) is 95.1 cm³/mol. The average molecular weight is 345 g/mol. The molecular formula is C18H23N3O2S. The fraction of sp³-hybridized carbons (Fsp3) is 0.444. The molecule has 0 N–H and O–H groups in total. The van der Waals surface area contributed by atoms with Crippen molar-refractivity contribution in [2.24, 2.45) is 0 Å². The minimum atomic E-state index is 0.109. The van der Waals surface area contributed by atoms with Gasteiger partial charge in [-0.05, 0) is 18.1 Å². The number of hydrogen-bond acceptors (Lipinski definition) is 5. The molecule has 0 bridgehead atoms. The second-order valence-corrected chi connectivity index (χ2v) is 6.71. The molecule has 1 saturated heterocycles. The summed E-state index contributed by atoms with van der Waals surface area (Å²) in [6.45, 7) is 4.77. The molecule has 2 heterocycles. The summed E-state index contributed by atoms with van der Waals surface area (Å²) >= 11 is 1.63. The number of nitrogens with zero attached hydrogens (tertiary/aromatic N) is 3. The molecule has 0 spiro atoms. The summed E-state index contributed by atoms with van der Waals surface area (Å²) in [5.41, 5.74) is 4.70. The van der Waals surface area contributed by atoms with E-state index in [-0.39, 0.29) is 5.91 Å². The van der Waals surface area contributed by atoms with Crippen LogP contribution in [0.25, 0.3) is 0 Å². The highest BCUT2D eigenvalue weighted by atomic mass is 32.1. The van der Waals surface area contributed by atoms with Crippen LogP contribution in [0.3, 0.4) is 0 Å². The largest absolute Gasteiger partial charge is 0.380 e. The number of ether oxygens (including phenoxy) is 1. The number of carbonyl (C=O) groups is 1. The van der Waals surface area contributed by atoms with E-state index >= 15 is 0 Å². The maximum Gasteiger partial charge on any atom is 0.254 e. The summed E-state index contributed by atoms with van der Waals surface area (Å²) in [4.78, 5) is 21.6. The summed E-state index contributed by atoms with van der Waals surface area (Å²) in [5.74, 6) is 0.109. The highest BCUT2D eigenvalue weighted by Crippen LogP contribution is 2.16. The van der Waals surface area contributed by atoms with Crippen LogP contribution in [0, 0.1) is 0 Å². The van der Waals surface area contributed by atoms with Gasteiger partial charge < -0.3 is 9.64 Å². The van der Waals surface area contributed by atoms with Crippen molar-refractivity contribution in [3.05, 3.63) is 52.0 Å². The Bertz CT molecular complexity index is 660. The van der Waals surface area contributed by atoms with Gasteiger partial charge in [0.25, 0.3) is 5.91 Å². The lowest BCUT2D eigenvalue weighted by Crippen LogP contribution is -2.35. The van der Waals surface area contributed by atoms with Gasteiger partial charge in [0.15, 0.2) is 0 Å². The molecule has 1 fully saturated rings. The molecule has 5 nitrogen and oxygen atoms in total. The lowest BCUT2D eigenvalue weighted by molar-refractivity contribution is 0.0756. The van der Waals surface area contributed by atoms with Gasteiger partial charge in [0.05, 0.1) is 17.8 Å². The van der Waals surface area contributed by atoms with Crippen LogP contribution in [-0.2, 0) is 17.9 Å². The quantitative estimate of drug-likeness (QED) is 0.836. The molecule has 0 saturated carbocycles. The number of methoxy groups -OCH3 is 1. The zero-order chi connectivity index (χ0) is 16.8. The van der Waals surface area contributed by atoms with Crippen LogP contribution in [0.1, 0.15) is 28.0 Å². The monoisotopic (exact) mass is 345 g/mol. The van der Waals surface area contributed by atoms with Crippen molar-refractivity contribution < 1.29 is 9.53 Å². The van der Waals surface area contributed by atoms with E-state index in [1.54, 1.807) is 18.4 Å². The van der Waals surface area contributed by atoms with Gasteiger partial charge in [0.2, 0.25) is 0 Å². The fourth-order valence-electron chi connectivity index (χ4n) is 3.06. The predicted octanol–water partition coefficient (Wildman–Crippen LogP) is 2.64. The first-order valence-electron chi connectivity index (χ1n) is 8.23. The number of hydrogen-bond donors (Lipinski definition) is 0. The highest BCUT2D eigenvalue weighted by Gasteiger charge is 2.22. The summed E-state index contributed by atoms with van der Waals surface area (Å²) in [5, 5.41) is 2.09. The first-order chi connectivity index (χ1) is 11.8. The second-order valence-electron chi connectivity index (χ2n) is 5.99. The van der Waals surface area contributed by atoms with Gasteiger partial charge in [-0.3, -0.25) is 9.69 Å². The van der Waals surface area contributed by atoms with E-state index < -0.39 is 0 Å². The van der Waals surface area contributed by atoms with E-state index in [0.29, 0.717) is 6.61 Å². The van der Waals surface area contributed by atoms with Gasteiger partial charge in [-0.2, -0.15) is 0 Å². The molecule has 1 amide bonds. The van der Waals surface area contributed by atoms with Crippen molar-refractivity contribution in [2.45, 2.75) is 19.6 Å². The van der Waals surface area contributed by atoms with E-state index in [1.807, 2.05) is 34.7 Å². The average Bonchev–Trinajstić information content (AvgIpc) is 2.99. The Balaban J connectivity index is 1.64. The Hall–Kier alpha value is -1.76. The first kappa shape index (κ1) is 17.1. The fourth-order valence-corrected chi connectivity index (χ4v) is 3.61. The normalized spacial score (nSPS) is 16.1. The zero-order valence-corrected chi connectivity index (χ0v) is 14.8. The summed E-state index contributed by atoms with van der Waals surface area (Å²) in [6, 6.07) is 7.72. The van der Waals surface area contributed by atoms with Crippen LogP contribution in [0.5, 0.6) is 0 Å². The van der Waals surface area contributed by atoms with Crippen molar-refractivity contribution in [3.63, 3.8) is 0 Å². The molecule has 0 radical (unpaired) electrons. The molecule has 0 unspecified atom stereocenters. The standard InChI is InChI=1S/C18H23N3O2S/c1-23-12-15-5-2-3-6-17(15)18(22)21-8-4-7-20(9-10-21)11-16-13-24-14-19-16/h2-3,5-6,13-14H,4,7-12H2,1H3. The van der Waals surface area contributed by atoms with Crippen LogP contribution >= 0.6 is 11.3 Å². The lowest BCUT2D eigenvalue weighted by Gasteiger charge is -2.22. The number of amides is 1. The number of aromatic nitrogens is 1. The molecule has 128 valence electrons. The number of benzene rings is 1. The SMILES string of the molecule is COCc1ccccc1C(=O)N1CCCN(Cc2cscn2)CC1. The van der Waals surface area contributed by atoms with Crippen molar-refractivity contribution in [1.29, 1.82) is 0 Å². The van der Waals surface area contributed by atoms with Crippen LogP contribution in [0.4, 0.5) is 0 Å². The molecule has 1 aliphatic heterocycles. The minimum absolute atomic E-state index is 0.109. The van der Waals surface area contributed by atoms with Crippen LogP contribution in [-0.4, -0.2) is 54.0 Å². The Morgan fingerprint density at radius 1 is 1.25 bits per heavy atom. The molecule has 1 aromatic carbocycles. The maximum absolute atomic E-state index is 12.9. The molecular weight excluding hydrogens is 322 g/mol. The van der Waals surface area contributed by atoms with Gasteiger partial charge in [0, 0.05) is 50.8 Å². The molecule has 1 aromatic heterocycles. The number of carbonyl (C=O) groups excluding carboxylic acids is 1. The van der Waals surface area contributed by atoms with Crippen molar-refractivity contribution in [2.75, 3.05) is 33.3 Å². The van der Waals surface area contributed by atoms with E-state index in [9.17, 15) is 4.79 Å². The molecule has 2 aromatic rings. The Kier molecular flexibility index (Phi) is 5.96. The van der Waals surface area contributed by atoms with Gasteiger partial charge in [0.1, 0.15) is 0 Å². The summed E-state index contributed by atoms with van der Waals surface area (Å²) in [6.07, 6.45) is 0.988. The number of thiazole rings is 1. The minimum Gasteiger partial charge on any atom is -0.380 e. The maximum atomic E-state index is 12.9. The Labute approximate surface area is 146 Å². The highest BCUT2D eigenvalue weighted by molar-refractivity contribution is 7.07. The Morgan fingerprint density at radius 2 is 2.12 bits per heavy atom.